The van der Waals surface area contributed by atoms with Gasteiger partial charge in [-0.05, 0) is 64.2 Å². The smallest absolute Gasteiger partial charge is 0.410 e. The lowest BCUT2D eigenvalue weighted by atomic mass is 10.1. The first-order valence-corrected chi connectivity index (χ1v) is 11.6. The minimum Gasteiger partial charge on any atom is -0.444 e. The maximum atomic E-state index is 15.1. The predicted molar refractivity (Wildman–Crippen MR) is 124 cm³/mol. The lowest BCUT2D eigenvalue weighted by Crippen LogP contribution is -2.36. The number of aromatic nitrogens is 5. The molecule has 0 radical (unpaired) electrons. The number of likely N-dealkylation sites (tertiary alicyclic amines) is 1. The minimum absolute atomic E-state index is 0.243. The summed E-state index contributed by atoms with van der Waals surface area (Å²) in [4.78, 5) is 23.2. The zero-order valence-corrected chi connectivity index (χ0v) is 19.9. The van der Waals surface area contributed by atoms with Crippen LogP contribution in [0.25, 0.3) is 22.6 Å². The van der Waals surface area contributed by atoms with Crippen molar-refractivity contribution in [2.24, 2.45) is 11.8 Å². The molecule has 1 aliphatic carbocycles. The standard InChI is InChI=1S/C25H27FN6O2/c1-13-6-19(29-32-8-14(2)27-22(13)32)15-7-18(26)23-28-20(12-30(23)9-15)21-16-10-31(11-17(16)21)24(33)34-25(3,4)5/h6-9,12,16-17,21H,10-11H2,1-5H3/t16-,17+,21?. The molecule has 1 saturated carbocycles. The number of hydrogen-bond donors (Lipinski definition) is 0. The van der Waals surface area contributed by atoms with Crippen molar-refractivity contribution in [1.29, 1.82) is 0 Å². The molecule has 0 spiro atoms. The first-order valence-electron chi connectivity index (χ1n) is 11.6. The molecule has 9 heteroatoms. The number of pyridine rings is 1. The number of fused-ring (bicyclic) bond motifs is 3. The van der Waals surface area contributed by atoms with Gasteiger partial charge < -0.3 is 14.0 Å². The predicted octanol–water partition coefficient (Wildman–Crippen LogP) is 4.38. The van der Waals surface area contributed by atoms with Crippen molar-refractivity contribution < 1.29 is 13.9 Å². The Bertz CT molecular complexity index is 1450. The van der Waals surface area contributed by atoms with Gasteiger partial charge in [0.15, 0.2) is 17.1 Å². The molecule has 1 saturated heterocycles. The van der Waals surface area contributed by atoms with Crippen LogP contribution in [0.1, 0.15) is 43.6 Å². The van der Waals surface area contributed by atoms with Gasteiger partial charge in [-0.2, -0.15) is 5.10 Å². The van der Waals surface area contributed by atoms with Crippen molar-refractivity contribution in [2.45, 2.75) is 46.1 Å². The summed E-state index contributed by atoms with van der Waals surface area (Å²) in [7, 11) is 0. The summed E-state index contributed by atoms with van der Waals surface area (Å²) in [6.07, 6.45) is 5.38. The Kier molecular flexibility index (Phi) is 4.34. The molecule has 0 bridgehead atoms. The molecule has 0 N–H and O–H groups in total. The van der Waals surface area contributed by atoms with Gasteiger partial charge >= 0.3 is 6.09 Å². The van der Waals surface area contributed by atoms with Crippen LogP contribution in [0, 0.1) is 31.5 Å². The van der Waals surface area contributed by atoms with Crippen LogP contribution in [-0.4, -0.2) is 53.7 Å². The number of piperidine rings is 1. The third-order valence-electron chi connectivity index (χ3n) is 6.74. The highest BCUT2D eigenvalue weighted by molar-refractivity contribution is 5.69. The number of aryl methyl sites for hydroxylation is 2. The van der Waals surface area contributed by atoms with E-state index in [4.69, 9.17) is 4.74 Å². The number of nitrogens with zero attached hydrogens (tertiary/aromatic N) is 6. The summed E-state index contributed by atoms with van der Waals surface area (Å²) in [6.45, 7) is 10.8. The van der Waals surface area contributed by atoms with Crippen LogP contribution in [0.5, 0.6) is 0 Å². The van der Waals surface area contributed by atoms with Gasteiger partial charge in [0.1, 0.15) is 5.60 Å². The van der Waals surface area contributed by atoms with E-state index < -0.39 is 5.60 Å². The van der Waals surface area contributed by atoms with Crippen LogP contribution in [-0.2, 0) is 4.74 Å². The quantitative estimate of drug-likeness (QED) is 0.442. The van der Waals surface area contributed by atoms with Crippen LogP contribution in [0.2, 0.25) is 0 Å². The van der Waals surface area contributed by atoms with Crippen LogP contribution < -0.4 is 0 Å². The fraction of sp³-hybridized carbons (Fsp3) is 0.440. The largest absolute Gasteiger partial charge is 0.444 e. The Hall–Kier alpha value is -3.49. The van der Waals surface area contributed by atoms with Gasteiger partial charge in [0.05, 0.1) is 23.3 Å². The highest BCUT2D eigenvalue weighted by Crippen LogP contribution is 2.58. The Labute approximate surface area is 196 Å². The maximum absolute atomic E-state index is 15.1. The van der Waals surface area contributed by atoms with Crippen molar-refractivity contribution in [1.82, 2.24) is 28.9 Å². The van der Waals surface area contributed by atoms with E-state index in [2.05, 4.69) is 15.1 Å². The van der Waals surface area contributed by atoms with E-state index in [0.29, 0.717) is 41.8 Å². The number of ether oxygens (including phenoxy) is 1. The van der Waals surface area contributed by atoms with Gasteiger partial charge in [-0.3, -0.25) is 0 Å². The molecule has 5 heterocycles. The molecule has 3 atom stereocenters. The molecule has 4 aromatic heterocycles. The first-order chi connectivity index (χ1) is 16.1. The van der Waals surface area contributed by atoms with E-state index in [9.17, 15) is 4.79 Å². The van der Waals surface area contributed by atoms with Crippen molar-refractivity contribution in [2.75, 3.05) is 13.1 Å². The molecular formula is C25H27FN6O2. The van der Waals surface area contributed by atoms with Crippen molar-refractivity contribution in [3.05, 3.63) is 53.5 Å². The minimum atomic E-state index is -0.505. The van der Waals surface area contributed by atoms with E-state index in [1.54, 1.807) is 13.8 Å². The Morgan fingerprint density at radius 2 is 1.79 bits per heavy atom. The molecule has 4 aromatic rings. The second-order valence-electron chi connectivity index (χ2n) is 10.6. The molecule has 176 valence electrons. The fourth-order valence-electron chi connectivity index (χ4n) is 5.20. The van der Waals surface area contributed by atoms with Crippen LogP contribution >= 0.6 is 0 Å². The van der Waals surface area contributed by atoms with Crippen molar-refractivity contribution in [3.8, 4) is 11.3 Å². The van der Waals surface area contributed by atoms with Crippen LogP contribution in [0.3, 0.4) is 0 Å². The molecule has 2 aliphatic rings. The first kappa shape index (κ1) is 21.1. The highest BCUT2D eigenvalue weighted by atomic mass is 19.1. The van der Waals surface area contributed by atoms with Gasteiger partial charge in [-0.1, -0.05) is 0 Å². The van der Waals surface area contributed by atoms with E-state index in [1.165, 1.54) is 6.07 Å². The zero-order valence-electron chi connectivity index (χ0n) is 19.9. The molecule has 2 fully saturated rings. The summed E-state index contributed by atoms with van der Waals surface area (Å²) in [5.74, 6) is 0.547. The molecular weight excluding hydrogens is 435 g/mol. The van der Waals surface area contributed by atoms with E-state index in [0.717, 1.165) is 22.6 Å². The second-order valence-corrected chi connectivity index (χ2v) is 10.6. The molecule has 1 amide bonds. The number of rotatable bonds is 2. The molecule has 1 unspecified atom stereocenters. The lowest BCUT2D eigenvalue weighted by Gasteiger charge is -2.25. The Morgan fingerprint density at radius 1 is 1.06 bits per heavy atom. The summed E-state index contributed by atoms with van der Waals surface area (Å²) in [5, 5.41) is 4.63. The highest BCUT2D eigenvalue weighted by Gasteiger charge is 2.58. The van der Waals surface area contributed by atoms with Gasteiger partial charge in [-0.25, -0.2) is 23.7 Å². The van der Waals surface area contributed by atoms with Gasteiger partial charge in [-0.15, -0.1) is 0 Å². The average Bonchev–Trinajstić information content (AvgIpc) is 3.13. The van der Waals surface area contributed by atoms with E-state index >= 15 is 4.39 Å². The molecule has 34 heavy (non-hydrogen) atoms. The SMILES string of the molecule is Cc1cn2nc(-c3cc(F)c4nc(C5[C@H]6CN(C(=O)OC(C)(C)C)C[C@@H]56)cn4c3)cc(C)c2n1. The normalized spacial score (nSPS) is 21.9. The molecule has 1 aliphatic heterocycles. The van der Waals surface area contributed by atoms with Crippen molar-refractivity contribution in [3.63, 3.8) is 0 Å². The summed E-state index contributed by atoms with van der Waals surface area (Å²) in [6, 6.07) is 3.41. The number of imidazole rings is 2. The summed E-state index contributed by atoms with van der Waals surface area (Å²) in [5.41, 5.74) is 4.69. The number of carbonyl (C=O) groups is 1. The Morgan fingerprint density at radius 3 is 2.50 bits per heavy atom. The molecule has 6 rings (SSSR count). The number of amides is 1. The van der Waals surface area contributed by atoms with E-state index in [1.807, 2.05) is 59.3 Å². The summed E-state index contributed by atoms with van der Waals surface area (Å²) >= 11 is 0. The number of hydrogen-bond acceptors (Lipinski definition) is 5. The summed E-state index contributed by atoms with van der Waals surface area (Å²) < 4.78 is 24.0. The average molecular weight is 463 g/mol. The number of carbonyl (C=O) groups excluding carboxylic acids is 1. The second kappa shape index (κ2) is 7.01. The van der Waals surface area contributed by atoms with Gasteiger partial charge in [0, 0.05) is 37.0 Å². The van der Waals surface area contributed by atoms with E-state index in [-0.39, 0.29) is 17.8 Å². The van der Waals surface area contributed by atoms with Crippen LogP contribution in [0.4, 0.5) is 9.18 Å². The maximum Gasteiger partial charge on any atom is 0.410 e. The molecule has 8 nitrogen and oxygen atoms in total. The van der Waals surface area contributed by atoms with Gasteiger partial charge in [0.2, 0.25) is 0 Å². The monoisotopic (exact) mass is 462 g/mol. The topological polar surface area (TPSA) is 77.0 Å². The molecule has 0 aromatic carbocycles. The lowest BCUT2D eigenvalue weighted by molar-refractivity contribution is 0.0270. The fourth-order valence-corrected chi connectivity index (χ4v) is 5.20. The van der Waals surface area contributed by atoms with Crippen LogP contribution in [0.15, 0.2) is 30.7 Å². The number of halogens is 1. The van der Waals surface area contributed by atoms with Gasteiger partial charge in [0.25, 0.3) is 0 Å². The third-order valence-corrected chi connectivity index (χ3v) is 6.74. The van der Waals surface area contributed by atoms with Crippen molar-refractivity contribution >= 4 is 17.4 Å². The third kappa shape index (κ3) is 3.41. The zero-order chi connectivity index (χ0) is 23.9. The Balaban J connectivity index is 1.26.